The molecule has 0 spiro atoms. The molecule has 0 radical (unpaired) electrons. The molecule has 150 heavy (non-hydrogen) atoms. The number of rotatable bonds is 0. The van der Waals surface area contributed by atoms with Crippen molar-refractivity contribution in [2.75, 3.05) is 39.3 Å². The Morgan fingerprint density at radius 3 is 0.793 bits per heavy atom. The lowest BCUT2D eigenvalue weighted by atomic mass is 9.50. The molecule has 880 valence electrons. The van der Waals surface area contributed by atoms with E-state index < -0.39 is 0 Å². The van der Waals surface area contributed by atoms with E-state index >= 15 is 0 Å². The molecule has 0 N–H and O–H groups in total. The molecule has 0 aromatic rings. The summed E-state index contributed by atoms with van der Waals surface area (Å²) in [5.74, 6) is 41.3. The number of nitrogens with zero attached hydrogens (tertiary/aromatic N) is 2. The summed E-state index contributed by atoms with van der Waals surface area (Å²) in [4.78, 5) is 5.27. The van der Waals surface area contributed by atoms with E-state index in [9.17, 15) is 0 Å². The van der Waals surface area contributed by atoms with E-state index in [1.807, 2.05) is 177 Å². The van der Waals surface area contributed by atoms with Crippen LogP contribution in [0, 0.1) is 218 Å². The van der Waals surface area contributed by atoms with E-state index in [4.69, 9.17) is 0 Å². The molecule has 38 fully saturated rings. The predicted octanol–water partition coefficient (Wildman–Crippen LogP) is 47.5. The predicted molar refractivity (Wildman–Crippen MR) is 671 cm³/mol. The highest BCUT2D eigenvalue weighted by molar-refractivity contribution is 5.24. The van der Waals surface area contributed by atoms with E-state index in [0.717, 1.165) is 159 Å². The maximum atomic E-state index is 2.69. The zero-order valence-corrected chi connectivity index (χ0v) is 108. The van der Waals surface area contributed by atoms with Gasteiger partial charge in [-0.25, -0.2) is 0 Å². The second kappa shape index (κ2) is 74.2. The monoisotopic (exact) mass is 2080 g/mol. The zero-order valence-electron chi connectivity index (χ0n) is 108. The molecular formula is C148H278N2. The second-order valence-corrected chi connectivity index (χ2v) is 55.9. The van der Waals surface area contributed by atoms with E-state index in [0.29, 0.717) is 0 Å². The van der Waals surface area contributed by atoms with Crippen LogP contribution in [0.15, 0.2) is 23.3 Å². The van der Waals surface area contributed by atoms with Crippen LogP contribution in [-0.2, 0) is 0 Å². The van der Waals surface area contributed by atoms with Crippen LogP contribution in [0.4, 0.5) is 0 Å². The first-order valence-corrected chi connectivity index (χ1v) is 72.7. The molecule has 34 bridgehead atoms. The fourth-order valence-electron chi connectivity index (χ4n) is 40.6. The zero-order chi connectivity index (χ0) is 108. The third-order valence-electron chi connectivity index (χ3n) is 46.8. The highest BCUT2D eigenvalue weighted by Gasteiger charge is 2.63. The highest BCUT2D eigenvalue weighted by Crippen LogP contribution is 2.71. The summed E-state index contributed by atoms with van der Waals surface area (Å²) in [6.07, 6.45) is 121. The molecule has 0 aromatic heterocycles. The Morgan fingerprint density at radius 1 is 0.207 bits per heavy atom. The third-order valence-corrected chi connectivity index (χ3v) is 46.8. The van der Waals surface area contributed by atoms with Crippen molar-refractivity contribution in [3.05, 3.63) is 23.3 Å². The van der Waals surface area contributed by atoms with Crippen LogP contribution in [0.5, 0.6) is 0 Å². The molecule has 35 aliphatic carbocycles. The van der Waals surface area contributed by atoms with Crippen molar-refractivity contribution in [3.8, 4) is 0 Å². The summed E-state index contributed by atoms with van der Waals surface area (Å²) < 4.78 is 0. The Labute approximate surface area is 945 Å². The van der Waals surface area contributed by atoms with Gasteiger partial charge in [0.05, 0.1) is 0 Å². The van der Waals surface area contributed by atoms with E-state index in [1.54, 1.807) is 340 Å². The molecule has 41 rings (SSSR count). The van der Waals surface area contributed by atoms with Gasteiger partial charge in [0, 0.05) is 19.6 Å². The van der Waals surface area contributed by atoms with E-state index in [2.05, 4.69) is 35.8 Å². The number of allylic oxidation sites excluding steroid dienone is 4. The summed E-state index contributed by atoms with van der Waals surface area (Å²) in [6, 6.07) is 0. The van der Waals surface area contributed by atoms with Crippen LogP contribution >= 0.6 is 0 Å². The Kier molecular flexibility index (Phi) is 65.7. The van der Waals surface area contributed by atoms with Crippen molar-refractivity contribution in [2.24, 2.45) is 218 Å². The van der Waals surface area contributed by atoms with Gasteiger partial charge in [0.15, 0.2) is 0 Å². The normalized spacial score (nSPS) is 42.8. The van der Waals surface area contributed by atoms with Gasteiger partial charge in [-0.1, -0.05) is 441 Å². The van der Waals surface area contributed by atoms with Crippen molar-refractivity contribution in [3.63, 3.8) is 0 Å². The average Bonchev–Trinajstić information content (AvgIpc) is 1.54. The van der Waals surface area contributed by atoms with Crippen molar-refractivity contribution in [1.29, 1.82) is 0 Å². The van der Waals surface area contributed by atoms with Gasteiger partial charge in [0.25, 0.3) is 0 Å². The van der Waals surface area contributed by atoms with Crippen molar-refractivity contribution in [2.45, 2.75) is 662 Å². The summed E-state index contributed by atoms with van der Waals surface area (Å²) >= 11 is 0. The first-order valence-electron chi connectivity index (χ1n) is 72.7. The Morgan fingerprint density at radius 2 is 0.500 bits per heavy atom. The summed E-state index contributed by atoms with van der Waals surface area (Å²) in [6.45, 7) is 61.5. The average molecular weight is 2090 g/mol. The quantitative estimate of drug-likeness (QED) is 0.223. The topological polar surface area (TPSA) is 6.48 Å². The van der Waals surface area contributed by atoms with Gasteiger partial charge in [-0.2, -0.15) is 0 Å². The Balaban J connectivity index is 0.000000177. The standard InChI is InChI=1S/C13H20.2C11H18.C10H14.C9H15N.3C9H16.C8H14.C7H13N.C7H10.3C7H12.12C2H6/c1-2-7-13-11(5-1)8-10-4-3-6-12(13)9-10;1-11-5-8-2-9(6-11)4-10(3-8)7-11;1-7-10-3-8-2-9(5-10)6-11(7)4-8;1-2-9-7-4-5-8(6-7)10(9)3-1;1-7-2-9-3-8(1)5-10(4-7)6-9;3*1-3-8-5-2-6-9(4-1)7-8;1-2-8-5-3-7(1)4-6-8;1-4-8-5-2-7(1)3-6-8;1-4-2-6-5(1)7(6)3-4;1-2-7-4-3-6(1)5-7;1-2-6-4-7(3-1)5-6;1-2-4-7-5-6(7)3-1;12*1-2/h10,12H,1-9H2;8-10H,2-7H2,1H3;7-11H,2-6H2,1H3;1-2,7-10H,3-6H2;7-9H,1-6H2;3*8-9H,1-7H2;7-8H,1-6H2;7H,1-6H2;4-7H,1-3H2;3*6-7H,1-5H2;12*1-2H3. The molecule has 2 nitrogen and oxygen atoms in total. The van der Waals surface area contributed by atoms with Crippen LogP contribution < -0.4 is 0 Å². The molecule has 0 aromatic carbocycles. The number of hydrogen-bond acceptors (Lipinski definition) is 2. The van der Waals surface area contributed by atoms with Gasteiger partial charge in [0.1, 0.15) is 0 Å². The highest BCUT2D eigenvalue weighted by atomic mass is 15.2. The van der Waals surface area contributed by atoms with Gasteiger partial charge in [0.2, 0.25) is 0 Å². The minimum atomic E-state index is 0.800. The molecule has 8 unspecified atom stereocenters. The van der Waals surface area contributed by atoms with E-state index in [1.165, 1.54) is 240 Å². The fourth-order valence-corrected chi connectivity index (χ4v) is 40.6. The lowest BCUT2D eigenvalue weighted by Crippen LogP contribution is -2.53. The van der Waals surface area contributed by atoms with Crippen molar-refractivity contribution < 1.29 is 0 Å². The molecular weight excluding hydrogens is 1810 g/mol. The van der Waals surface area contributed by atoms with Crippen LogP contribution in [0.2, 0.25) is 0 Å². The minimum Gasteiger partial charge on any atom is -0.303 e. The summed E-state index contributed by atoms with van der Waals surface area (Å²) in [7, 11) is 0. The molecule has 6 aliphatic heterocycles. The SMILES string of the molecule is C1=CC2C3CCC(C3)C2C1.C1C2CC3C1C3C2.C1C2CC3CC1CN(C2)C3.C1CC2CC(C1)C2.C1CC2CCC1C2.C1CC2CCC1CC2.C1CC2CCCC(C1)C2.C1CC2CCCC(C1)C2.C1CC2CCCC(C1)C2.C1CCC2=C(C1)CC1CCCC2C1.C1CCC2CC2C1.C1CN2CCC1CC2.CC.CC.CC.CC.CC.CC.CC.CC.CC.CC.CC.CC.CC12CC3CC(CC(C3)C1)C2.CC1C2CC3CC(C2)CC1C3. The lowest BCUT2D eigenvalue weighted by Gasteiger charge is -2.55. The number of piperidine rings is 6. The first kappa shape index (κ1) is 133. The maximum Gasteiger partial charge on any atom is 0.00101 e. The lowest BCUT2D eigenvalue weighted by molar-refractivity contribution is -0.0411. The van der Waals surface area contributed by atoms with Crippen LogP contribution in [0.25, 0.3) is 0 Å². The summed E-state index contributed by atoms with van der Waals surface area (Å²) in [5.41, 5.74) is 4.64. The minimum absolute atomic E-state index is 0.800. The molecule has 41 aliphatic rings. The first-order chi connectivity index (χ1) is 73.9. The second-order valence-electron chi connectivity index (χ2n) is 55.9. The van der Waals surface area contributed by atoms with Gasteiger partial charge >= 0.3 is 0 Å². The van der Waals surface area contributed by atoms with Gasteiger partial charge in [-0.3, -0.25) is 0 Å². The largest absolute Gasteiger partial charge is 0.303 e. The molecule has 32 saturated carbocycles. The fraction of sp³-hybridized carbons (Fsp3) is 0.973. The summed E-state index contributed by atoms with van der Waals surface area (Å²) in [5, 5.41) is 0. The van der Waals surface area contributed by atoms with Crippen molar-refractivity contribution >= 4 is 0 Å². The number of hydrogen-bond donors (Lipinski definition) is 0. The van der Waals surface area contributed by atoms with E-state index in [-0.39, 0.29) is 0 Å². The molecule has 0 amide bonds. The van der Waals surface area contributed by atoms with Crippen LogP contribution in [-0.4, -0.2) is 49.1 Å². The van der Waals surface area contributed by atoms with Crippen LogP contribution in [0.3, 0.4) is 0 Å². The van der Waals surface area contributed by atoms with Gasteiger partial charge < -0.3 is 9.80 Å². The van der Waals surface area contributed by atoms with Gasteiger partial charge in [-0.05, 0) is 482 Å². The maximum absolute atomic E-state index is 2.69. The Hall–Kier alpha value is -0.600. The molecule has 6 heterocycles. The molecule has 2 heteroatoms. The third kappa shape index (κ3) is 41.7. The van der Waals surface area contributed by atoms with Gasteiger partial charge in [-0.15, -0.1) is 0 Å². The Bertz CT molecular complexity index is 2950. The number of fused-ring (bicyclic) bond motifs is 25. The smallest absolute Gasteiger partial charge is 0.00101 e. The van der Waals surface area contributed by atoms with Crippen LogP contribution in [0.1, 0.15) is 662 Å². The molecule has 6 saturated heterocycles. The molecule has 8 atom stereocenters. The van der Waals surface area contributed by atoms with Crippen molar-refractivity contribution in [1.82, 2.24) is 9.80 Å².